The van der Waals surface area contributed by atoms with E-state index in [2.05, 4.69) is 13.8 Å². The van der Waals surface area contributed by atoms with Crippen LogP contribution in [-0.2, 0) is 0 Å². The normalized spacial score (nSPS) is 14.9. The van der Waals surface area contributed by atoms with Crippen molar-refractivity contribution in [2.45, 2.75) is 96.7 Å². The van der Waals surface area contributed by atoms with E-state index in [-0.39, 0.29) is 12.2 Å². The Labute approximate surface area is 119 Å². The molecule has 0 saturated heterocycles. The molecule has 114 valence electrons. The van der Waals surface area contributed by atoms with Gasteiger partial charge >= 0.3 is 0 Å². The Morgan fingerprint density at radius 3 is 1.95 bits per heavy atom. The maximum atomic E-state index is 9.77. The molecule has 0 radical (unpaired) electrons. The molecular formula is C17H34O2. The van der Waals surface area contributed by atoms with Crippen LogP contribution in [0.3, 0.4) is 0 Å². The van der Waals surface area contributed by atoms with E-state index >= 15 is 0 Å². The molecule has 19 heavy (non-hydrogen) atoms. The zero-order chi connectivity index (χ0) is 14.3. The molecule has 0 bridgehead atoms. The maximum Gasteiger partial charge on any atom is 0.0720 e. The van der Waals surface area contributed by atoms with Crippen LogP contribution in [0, 0.1) is 0 Å². The van der Waals surface area contributed by atoms with Crippen molar-refractivity contribution < 1.29 is 10.2 Å². The lowest BCUT2D eigenvalue weighted by atomic mass is 10.1. The Morgan fingerprint density at radius 1 is 0.789 bits per heavy atom. The first kappa shape index (κ1) is 18.7. The number of rotatable bonds is 13. The Balaban J connectivity index is 3.47. The lowest BCUT2D eigenvalue weighted by molar-refractivity contribution is 0.162. The highest BCUT2D eigenvalue weighted by atomic mass is 16.3. The van der Waals surface area contributed by atoms with Gasteiger partial charge in [0, 0.05) is 0 Å². The van der Waals surface area contributed by atoms with Crippen LogP contribution < -0.4 is 0 Å². The fraction of sp³-hybridized carbons (Fsp3) is 0.882. The Kier molecular flexibility index (Phi) is 13.8. The summed E-state index contributed by atoms with van der Waals surface area (Å²) < 4.78 is 0. The number of aliphatic hydroxyl groups is 2. The van der Waals surface area contributed by atoms with E-state index in [0.29, 0.717) is 6.42 Å². The van der Waals surface area contributed by atoms with Crippen molar-refractivity contribution in [3.05, 3.63) is 12.2 Å². The van der Waals surface area contributed by atoms with Crippen LogP contribution >= 0.6 is 0 Å². The van der Waals surface area contributed by atoms with Crippen molar-refractivity contribution in [1.82, 2.24) is 0 Å². The lowest BCUT2D eigenvalue weighted by Crippen LogP contribution is -2.06. The second kappa shape index (κ2) is 14.1. The van der Waals surface area contributed by atoms with Crippen molar-refractivity contribution in [2.24, 2.45) is 0 Å². The fourth-order valence-electron chi connectivity index (χ4n) is 2.19. The molecule has 2 atom stereocenters. The van der Waals surface area contributed by atoms with E-state index in [0.717, 1.165) is 25.7 Å². The van der Waals surface area contributed by atoms with E-state index < -0.39 is 0 Å². The molecule has 0 aromatic carbocycles. The van der Waals surface area contributed by atoms with Gasteiger partial charge in [0.15, 0.2) is 0 Å². The predicted molar refractivity (Wildman–Crippen MR) is 83.3 cm³/mol. The summed E-state index contributed by atoms with van der Waals surface area (Å²) >= 11 is 0. The van der Waals surface area contributed by atoms with E-state index in [1.54, 1.807) is 0 Å². The molecule has 0 unspecified atom stereocenters. The third-order valence-corrected chi connectivity index (χ3v) is 3.51. The van der Waals surface area contributed by atoms with Crippen molar-refractivity contribution in [3.8, 4) is 0 Å². The number of hydrogen-bond acceptors (Lipinski definition) is 2. The van der Waals surface area contributed by atoms with Crippen LogP contribution in [0.15, 0.2) is 12.2 Å². The van der Waals surface area contributed by atoms with Gasteiger partial charge in [0.1, 0.15) is 0 Å². The summed E-state index contributed by atoms with van der Waals surface area (Å²) in [7, 11) is 0. The highest BCUT2D eigenvalue weighted by Crippen LogP contribution is 2.10. The number of unbranched alkanes of at least 4 members (excludes halogenated alkanes) is 6. The molecule has 0 rings (SSSR count). The number of aliphatic hydroxyl groups excluding tert-OH is 2. The lowest BCUT2D eigenvalue weighted by Gasteiger charge is -2.08. The van der Waals surface area contributed by atoms with Gasteiger partial charge in [-0.1, -0.05) is 77.4 Å². The molecule has 0 amide bonds. The van der Waals surface area contributed by atoms with Crippen molar-refractivity contribution in [1.29, 1.82) is 0 Å². The van der Waals surface area contributed by atoms with Crippen LogP contribution in [0.25, 0.3) is 0 Å². The predicted octanol–water partition coefficient (Wildman–Crippen LogP) is 4.60. The minimum Gasteiger partial charge on any atom is -0.393 e. The second-order valence-corrected chi connectivity index (χ2v) is 5.58. The quantitative estimate of drug-likeness (QED) is 0.379. The molecule has 0 heterocycles. The van der Waals surface area contributed by atoms with Gasteiger partial charge in [0.05, 0.1) is 12.2 Å². The maximum absolute atomic E-state index is 9.77. The molecule has 0 aliphatic carbocycles. The van der Waals surface area contributed by atoms with Crippen LogP contribution in [0.4, 0.5) is 0 Å². The van der Waals surface area contributed by atoms with Crippen molar-refractivity contribution in [2.75, 3.05) is 0 Å². The summed E-state index contributed by atoms with van der Waals surface area (Å²) in [6.07, 6.45) is 15.3. The Bertz CT molecular complexity index is 201. The van der Waals surface area contributed by atoms with E-state index in [4.69, 9.17) is 0 Å². The van der Waals surface area contributed by atoms with Gasteiger partial charge in [-0.3, -0.25) is 0 Å². The smallest absolute Gasteiger partial charge is 0.0720 e. The number of hydrogen-bond donors (Lipinski definition) is 2. The van der Waals surface area contributed by atoms with Gasteiger partial charge in [-0.05, 0) is 19.3 Å². The Hall–Kier alpha value is -0.340. The molecule has 0 saturated carbocycles. The van der Waals surface area contributed by atoms with E-state index in [1.807, 2.05) is 12.2 Å². The summed E-state index contributed by atoms with van der Waals surface area (Å²) in [5.41, 5.74) is 0. The highest BCUT2D eigenvalue weighted by molar-refractivity contribution is 4.90. The van der Waals surface area contributed by atoms with Crippen LogP contribution in [0.1, 0.15) is 84.5 Å². The second-order valence-electron chi connectivity index (χ2n) is 5.58. The van der Waals surface area contributed by atoms with Gasteiger partial charge in [-0.15, -0.1) is 0 Å². The standard InChI is InChI=1S/C17H34O2/c1-3-5-7-9-12-16(18)14-11-15-17(19)13-10-8-6-4-2/h11,14,16-19H,3-10,12-13,15H2,1-2H3/b14-11-/t16-,17+/m1/s1. The first-order valence-corrected chi connectivity index (χ1v) is 8.23. The zero-order valence-corrected chi connectivity index (χ0v) is 13.0. The summed E-state index contributed by atoms with van der Waals surface area (Å²) in [6, 6.07) is 0. The van der Waals surface area contributed by atoms with Crippen molar-refractivity contribution in [3.63, 3.8) is 0 Å². The van der Waals surface area contributed by atoms with Gasteiger partial charge in [0.25, 0.3) is 0 Å². The molecule has 2 nitrogen and oxygen atoms in total. The molecule has 0 fully saturated rings. The molecule has 0 aliphatic rings. The molecular weight excluding hydrogens is 236 g/mol. The molecule has 0 aromatic heterocycles. The average molecular weight is 270 g/mol. The van der Waals surface area contributed by atoms with Gasteiger partial charge < -0.3 is 10.2 Å². The fourth-order valence-corrected chi connectivity index (χ4v) is 2.19. The third-order valence-electron chi connectivity index (χ3n) is 3.51. The first-order valence-electron chi connectivity index (χ1n) is 8.23. The van der Waals surface area contributed by atoms with Gasteiger partial charge in [0.2, 0.25) is 0 Å². The van der Waals surface area contributed by atoms with Crippen molar-refractivity contribution >= 4 is 0 Å². The monoisotopic (exact) mass is 270 g/mol. The Morgan fingerprint density at radius 2 is 1.37 bits per heavy atom. The minimum absolute atomic E-state index is 0.236. The molecule has 0 spiro atoms. The molecule has 0 aliphatic heterocycles. The third kappa shape index (κ3) is 13.9. The largest absolute Gasteiger partial charge is 0.393 e. The van der Waals surface area contributed by atoms with Gasteiger partial charge in [-0.2, -0.15) is 0 Å². The summed E-state index contributed by atoms with van der Waals surface area (Å²) in [5.74, 6) is 0. The van der Waals surface area contributed by atoms with E-state index in [1.165, 1.54) is 38.5 Å². The van der Waals surface area contributed by atoms with Crippen LogP contribution in [0.5, 0.6) is 0 Å². The SMILES string of the molecule is CCCCCC[C@H](O)C/C=C\[C@H](O)CCCCCC. The van der Waals surface area contributed by atoms with E-state index in [9.17, 15) is 10.2 Å². The molecule has 2 N–H and O–H groups in total. The first-order chi connectivity index (χ1) is 9.20. The summed E-state index contributed by atoms with van der Waals surface area (Å²) in [6.45, 7) is 4.39. The topological polar surface area (TPSA) is 40.5 Å². The van der Waals surface area contributed by atoms with Gasteiger partial charge in [-0.25, -0.2) is 0 Å². The molecule has 0 aromatic rings. The summed E-state index contributed by atoms with van der Waals surface area (Å²) in [5, 5.41) is 19.5. The zero-order valence-electron chi connectivity index (χ0n) is 13.0. The minimum atomic E-state index is -0.329. The van der Waals surface area contributed by atoms with Crippen LogP contribution in [0.2, 0.25) is 0 Å². The average Bonchev–Trinajstić information content (AvgIpc) is 2.40. The molecule has 2 heteroatoms. The highest BCUT2D eigenvalue weighted by Gasteiger charge is 2.02. The van der Waals surface area contributed by atoms with Crippen LogP contribution in [-0.4, -0.2) is 22.4 Å². The summed E-state index contributed by atoms with van der Waals surface area (Å²) in [4.78, 5) is 0.